The number of aryl methyl sites for hydroxylation is 2. The van der Waals surface area contributed by atoms with Crippen LogP contribution in [0.4, 0.5) is 0 Å². The minimum absolute atomic E-state index is 0.0536. The highest BCUT2D eigenvalue weighted by atomic mass is 16.5. The largest absolute Gasteiger partial charge is 0.493 e. The zero-order valence-corrected chi connectivity index (χ0v) is 18.4. The number of carbonyl (C=O) groups excluding carboxylic acids is 1. The van der Waals surface area contributed by atoms with Crippen molar-refractivity contribution in [2.75, 3.05) is 13.2 Å². The number of ether oxygens (including phenoxy) is 2. The van der Waals surface area contributed by atoms with Crippen molar-refractivity contribution in [1.29, 1.82) is 0 Å². The van der Waals surface area contributed by atoms with E-state index in [1.165, 1.54) is 31.3 Å². The normalized spacial score (nSPS) is 13.5. The van der Waals surface area contributed by atoms with Gasteiger partial charge in [0.1, 0.15) is 18.1 Å². The Morgan fingerprint density at radius 3 is 2.53 bits per heavy atom. The molecule has 0 unspecified atom stereocenters. The van der Waals surface area contributed by atoms with E-state index in [1.807, 2.05) is 37.3 Å². The molecule has 0 spiro atoms. The summed E-state index contributed by atoms with van der Waals surface area (Å²) in [5, 5.41) is 3.05. The smallest absolute Gasteiger partial charge is 0.251 e. The van der Waals surface area contributed by atoms with E-state index in [4.69, 9.17) is 9.47 Å². The summed E-state index contributed by atoms with van der Waals surface area (Å²) in [6, 6.07) is 11.7. The third-order valence-electron chi connectivity index (χ3n) is 5.33. The summed E-state index contributed by atoms with van der Waals surface area (Å²) in [6.07, 6.45) is 8.16. The Bertz CT molecular complexity index is 881. The second-order valence-corrected chi connectivity index (χ2v) is 7.98. The fourth-order valence-electron chi connectivity index (χ4n) is 3.88. The standard InChI is InChI=1S/C26H33NO3/c1-4-29-25-11-10-22(26(28)27-13-12-21-8-6-5-7-9-21)17-23(25)18-30-24-15-19(2)14-20(3)16-24/h8,10-11,14-17H,4-7,9,12-13,18H2,1-3H3,(H,27,28). The molecular formula is C26H33NO3. The van der Waals surface area contributed by atoms with Gasteiger partial charge in [0.15, 0.2) is 0 Å². The molecule has 30 heavy (non-hydrogen) atoms. The van der Waals surface area contributed by atoms with Crippen molar-refractivity contribution in [2.45, 2.75) is 59.5 Å². The zero-order chi connectivity index (χ0) is 21.3. The van der Waals surface area contributed by atoms with Crippen LogP contribution in [-0.2, 0) is 6.61 Å². The summed E-state index contributed by atoms with van der Waals surface area (Å²) >= 11 is 0. The van der Waals surface area contributed by atoms with Gasteiger partial charge in [-0.1, -0.05) is 17.7 Å². The first kappa shape index (κ1) is 21.9. The maximum atomic E-state index is 12.7. The predicted molar refractivity (Wildman–Crippen MR) is 121 cm³/mol. The Hall–Kier alpha value is -2.75. The molecule has 0 aliphatic heterocycles. The van der Waals surface area contributed by atoms with Crippen LogP contribution in [0.1, 0.15) is 66.1 Å². The molecule has 0 aromatic heterocycles. The monoisotopic (exact) mass is 407 g/mol. The lowest BCUT2D eigenvalue weighted by Crippen LogP contribution is -2.25. The highest BCUT2D eigenvalue weighted by molar-refractivity contribution is 5.94. The number of benzene rings is 2. The van der Waals surface area contributed by atoms with E-state index in [9.17, 15) is 4.79 Å². The molecule has 0 saturated carbocycles. The number of nitrogens with one attached hydrogen (secondary N) is 1. The number of hydrogen-bond donors (Lipinski definition) is 1. The number of allylic oxidation sites excluding steroid dienone is 1. The summed E-state index contributed by atoms with van der Waals surface area (Å²) in [5.41, 5.74) is 5.30. The first-order valence-corrected chi connectivity index (χ1v) is 11.0. The van der Waals surface area contributed by atoms with E-state index < -0.39 is 0 Å². The van der Waals surface area contributed by atoms with E-state index in [0.717, 1.165) is 34.6 Å². The highest BCUT2D eigenvalue weighted by Crippen LogP contribution is 2.24. The van der Waals surface area contributed by atoms with E-state index in [0.29, 0.717) is 25.3 Å². The van der Waals surface area contributed by atoms with Crippen LogP contribution in [0.15, 0.2) is 48.0 Å². The molecule has 0 radical (unpaired) electrons. The van der Waals surface area contributed by atoms with Crippen LogP contribution in [0.5, 0.6) is 11.5 Å². The number of rotatable bonds is 9. The van der Waals surface area contributed by atoms with E-state index in [2.05, 4.69) is 31.3 Å². The predicted octanol–water partition coefficient (Wildman–Crippen LogP) is 5.90. The molecule has 0 bridgehead atoms. The van der Waals surface area contributed by atoms with Gasteiger partial charge in [-0.3, -0.25) is 4.79 Å². The lowest BCUT2D eigenvalue weighted by Gasteiger charge is -2.15. The summed E-state index contributed by atoms with van der Waals surface area (Å²) in [5.74, 6) is 1.53. The summed E-state index contributed by atoms with van der Waals surface area (Å²) in [6.45, 7) is 7.66. The Morgan fingerprint density at radius 1 is 1.03 bits per heavy atom. The van der Waals surface area contributed by atoms with Gasteiger partial charge in [-0.2, -0.15) is 0 Å². The Morgan fingerprint density at radius 2 is 1.83 bits per heavy atom. The molecule has 0 heterocycles. The summed E-state index contributed by atoms with van der Waals surface area (Å²) in [7, 11) is 0. The van der Waals surface area contributed by atoms with Crippen molar-refractivity contribution in [2.24, 2.45) is 0 Å². The second kappa shape index (κ2) is 10.9. The molecule has 1 N–H and O–H groups in total. The van der Waals surface area contributed by atoms with Crippen LogP contribution >= 0.6 is 0 Å². The van der Waals surface area contributed by atoms with Crippen LogP contribution in [0.25, 0.3) is 0 Å². The first-order valence-electron chi connectivity index (χ1n) is 11.0. The minimum atomic E-state index is -0.0536. The fraction of sp³-hybridized carbons (Fsp3) is 0.423. The van der Waals surface area contributed by atoms with Crippen molar-refractivity contribution in [3.63, 3.8) is 0 Å². The van der Waals surface area contributed by atoms with E-state index in [-0.39, 0.29) is 5.91 Å². The van der Waals surface area contributed by atoms with Crippen LogP contribution in [0, 0.1) is 13.8 Å². The van der Waals surface area contributed by atoms with Crippen molar-refractivity contribution in [1.82, 2.24) is 5.32 Å². The number of amides is 1. The van der Waals surface area contributed by atoms with Crippen molar-refractivity contribution >= 4 is 5.91 Å². The maximum absolute atomic E-state index is 12.7. The molecule has 1 aliphatic rings. The summed E-state index contributed by atoms with van der Waals surface area (Å²) < 4.78 is 11.8. The highest BCUT2D eigenvalue weighted by Gasteiger charge is 2.12. The van der Waals surface area contributed by atoms with Gasteiger partial charge < -0.3 is 14.8 Å². The van der Waals surface area contributed by atoms with Gasteiger partial charge in [-0.25, -0.2) is 0 Å². The van der Waals surface area contributed by atoms with Gasteiger partial charge in [0.2, 0.25) is 0 Å². The Kier molecular flexibility index (Phi) is 7.95. The van der Waals surface area contributed by atoms with Gasteiger partial charge in [-0.05, 0) is 94.3 Å². The quantitative estimate of drug-likeness (QED) is 0.526. The van der Waals surface area contributed by atoms with Crippen molar-refractivity contribution in [3.8, 4) is 11.5 Å². The van der Waals surface area contributed by atoms with E-state index >= 15 is 0 Å². The molecule has 2 aromatic rings. The SMILES string of the molecule is CCOc1ccc(C(=O)NCCC2=CCCCC2)cc1COc1cc(C)cc(C)c1. The third-order valence-corrected chi connectivity index (χ3v) is 5.33. The fourth-order valence-corrected chi connectivity index (χ4v) is 3.88. The maximum Gasteiger partial charge on any atom is 0.251 e. The van der Waals surface area contributed by atoms with Crippen LogP contribution < -0.4 is 14.8 Å². The number of hydrogen-bond acceptors (Lipinski definition) is 3. The average molecular weight is 408 g/mol. The topological polar surface area (TPSA) is 47.6 Å². The first-order chi connectivity index (χ1) is 14.5. The second-order valence-electron chi connectivity index (χ2n) is 7.98. The molecule has 2 aromatic carbocycles. The van der Waals surface area contributed by atoms with Gasteiger partial charge in [0, 0.05) is 17.7 Å². The molecule has 4 nitrogen and oxygen atoms in total. The van der Waals surface area contributed by atoms with Gasteiger partial charge >= 0.3 is 0 Å². The average Bonchev–Trinajstić information content (AvgIpc) is 2.73. The van der Waals surface area contributed by atoms with Crippen LogP contribution in [0.2, 0.25) is 0 Å². The zero-order valence-electron chi connectivity index (χ0n) is 18.4. The Balaban J connectivity index is 1.65. The Labute approximate surface area is 180 Å². The van der Waals surface area contributed by atoms with Crippen molar-refractivity contribution in [3.05, 3.63) is 70.3 Å². The molecular weight excluding hydrogens is 374 g/mol. The summed E-state index contributed by atoms with van der Waals surface area (Å²) in [4.78, 5) is 12.7. The molecule has 1 aliphatic carbocycles. The van der Waals surface area contributed by atoms with E-state index in [1.54, 1.807) is 0 Å². The van der Waals surface area contributed by atoms with Crippen molar-refractivity contribution < 1.29 is 14.3 Å². The van der Waals surface area contributed by atoms with Gasteiger partial charge in [0.05, 0.1) is 6.61 Å². The molecule has 1 amide bonds. The van der Waals surface area contributed by atoms with Gasteiger partial charge in [-0.15, -0.1) is 0 Å². The molecule has 0 fully saturated rings. The number of carbonyl (C=O) groups is 1. The molecule has 3 rings (SSSR count). The molecule has 0 saturated heterocycles. The molecule has 160 valence electrons. The lowest BCUT2D eigenvalue weighted by molar-refractivity contribution is 0.0954. The molecule has 4 heteroatoms. The molecule has 0 atom stereocenters. The van der Waals surface area contributed by atoms with Gasteiger partial charge in [0.25, 0.3) is 5.91 Å². The van der Waals surface area contributed by atoms with Crippen LogP contribution in [0.3, 0.4) is 0 Å². The lowest BCUT2D eigenvalue weighted by atomic mass is 9.97. The van der Waals surface area contributed by atoms with Crippen LogP contribution in [-0.4, -0.2) is 19.1 Å². The third kappa shape index (κ3) is 6.38. The minimum Gasteiger partial charge on any atom is -0.493 e.